The summed E-state index contributed by atoms with van der Waals surface area (Å²) in [7, 11) is 0. The molecule has 3 N–H and O–H groups in total. The lowest BCUT2D eigenvalue weighted by Gasteiger charge is -2.14. The molecule has 0 spiro atoms. The normalized spacial score (nSPS) is 13.8. The first-order valence-electron chi connectivity index (χ1n) is 8.19. The lowest BCUT2D eigenvalue weighted by atomic mass is 10.1. The number of carbonyl (C=O) groups excluding carboxylic acids is 3. The number of rotatable bonds is 5. The summed E-state index contributed by atoms with van der Waals surface area (Å²) >= 11 is 1.67. The fourth-order valence-electron chi connectivity index (χ4n) is 2.53. The van der Waals surface area contributed by atoms with Crippen LogP contribution in [0.2, 0.25) is 0 Å². The fourth-order valence-corrected chi connectivity index (χ4v) is 3.39. The summed E-state index contributed by atoms with van der Waals surface area (Å²) in [6, 6.07) is 12.5. The Morgan fingerprint density at radius 1 is 1.08 bits per heavy atom. The average molecular weight is 369 g/mol. The van der Waals surface area contributed by atoms with Gasteiger partial charge in [-0.25, -0.2) is 4.79 Å². The fraction of sp³-hybridized carbons (Fsp3) is 0.211. The van der Waals surface area contributed by atoms with Gasteiger partial charge in [-0.2, -0.15) is 0 Å². The summed E-state index contributed by atoms with van der Waals surface area (Å²) in [5, 5.41) is 7.77. The molecule has 1 atom stereocenters. The highest BCUT2D eigenvalue weighted by atomic mass is 32.2. The minimum absolute atomic E-state index is 0.0411. The van der Waals surface area contributed by atoms with Crippen molar-refractivity contribution in [2.75, 3.05) is 11.1 Å². The molecule has 3 rings (SSSR count). The second-order valence-electron chi connectivity index (χ2n) is 6.17. The quantitative estimate of drug-likeness (QED) is 0.558. The monoisotopic (exact) mass is 369 g/mol. The number of imide groups is 1. The Morgan fingerprint density at radius 3 is 2.50 bits per heavy atom. The summed E-state index contributed by atoms with van der Waals surface area (Å²) in [5.41, 5.74) is 2.27. The second-order valence-corrected chi connectivity index (χ2v) is 7.26. The first kappa shape index (κ1) is 18.0. The molecule has 0 aromatic heterocycles. The molecular weight excluding hydrogens is 350 g/mol. The molecule has 0 saturated heterocycles. The SMILES string of the molecule is Cc1ccc(SCC(C)NC(=O)Nc2ccc3c(c2)C(=O)NC3=O)cc1. The van der Waals surface area contributed by atoms with Gasteiger partial charge < -0.3 is 10.6 Å². The van der Waals surface area contributed by atoms with Crippen molar-refractivity contribution in [3.63, 3.8) is 0 Å². The summed E-state index contributed by atoms with van der Waals surface area (Å²) in [6.07, 6.45) is 0. The molecule has 1 aliphatic heterocycles. The molecule has 2 aromatic rings. The topological polar surface area (TPSA) is 87.3 Å². The molecule has 7 heteroatoms. The molecule has 26 heavy (non-hydrogen) atoms. The summed E-state index contributed by atoms with van der Waals surface area (Å²) in [4.78, 5) is 36.5. The molecular formula is C19H19N3O3S. The van der Waals surface area contributed by atoms with E-state index in [1.807, 2.05) is 13.8 Å². The first-order chi connectivity index (χ1) is 12.4. The van der Waals surface area contributed by atoms with Gasteiger partial charge in [0.2, 0.25) is 0 Å². The average Bonchev–Trinajstić information content (AvgIpc) is 2.88. The number of amides is 4. The van der Waals surface area contributed by atoms with Crippen molar-refractivity contribution < 1.29 is 14.4 Å². The van der Waals surface area contributed by atoms with Crippen LogP contribution in [0.1, 0.15) is 33.2 Å². The molecule has 0 radical (unpaired) electrons. The number of nitrogens with one attached hydrogen (secondary N) is 3. The van der Waals surface area contributed by atoms with Gasteiger partial charge in [0.1, 0.15) is 0 Å². The molecule has 1 aliphatic rings. The molecule has 2 aromatic carbocycles. The van der Waals surface area contributed by atoms with Gasteiger partial charge in [-0.05, 0) is 44.2 Å². The highest BCUT2D eigenvalue weighted by Crippen LogP contribution is 2.21. The smallest absolute Gasteiger partial charge is 0.319 e. The number of hydrogen-bond donors (Lipinski definition) is 3. The Hall–Kier alpha value is -2.80. The minimum atomic E-state index is -0.447. The Kier molecular flexibility index (Phi) is 5.27. The van der Waals surface area contributed by atoms with E-state index in [4.69, 9.17) is 0 Å². The third-order valence-corrected chi connectivity index (χ3v) is 5.16. The molecule has 0 bridgehead atoms. The maximum Gasteiger partial charge on any atom is 0.319 e. The molecule has 0 aliphatic carbocycles. The number of anilines is 1. The van der Waals surface area contributed by atoms with Gasteiger partial charge in [0, 0.05) is 22.4 Å². The Labute approximate surface area is 155 Å². The second kappa shape index (κ2) is 7.61. The third kappa shape index (κ3) is 4.23. The van der Waals surface area contributed by atoms with Crippen molar-refractivity contribution in [3.8, 4) is 0 Å². The number of urea groups is 1. The van der Waals surface area contributed by atoms with Crippen LogP contribution in [0, 0.1) is 6.92 Å². The summed E-state index contributed by atoms with van der Waals surface area (Å²) in [5.74, 6) is -0.128. The van der Waals surface area contributed by atoms with E-state index in [1.54, 1.807) is 17.8 Å². The van der Waals surface area contributed by atoms with Gasteiger partial charge in [0.05, 0.1) is 11.1 Å². The van der Waals surface area contributed by atoms with Gasteiger partial charge >= 0.3 is 6.03 Å². The molecule has 0 fully saturated rings. The van der Waals surface area contributed by atoms with Gasteiger partial charge in [0.25, 0.3) is 11.8 Å². The van der Waals surface area contributed by atoms with E-state index in [2.05, 4.69) is 40.2 Å². The Bertz CT molecular complexity index is 865. The van der Waals surface area contributed by atoms with Crippen LogP contribution in [0.4, 0.5) is 10.5 Å². The predicted octanol–water partition coefficient (Wildman–Crippen LogP) is 3.18. The Morgan fingerprint density at radius 2 is 1.77 bits per heavy atom. The summed E-state index contributed by atoms with van der Waals surface area (Å²) in [6.45, 7) is 3.97. The Balaban J connectivity index is 1.52. The van der Waals surface area contributed by atoms with Crippen molar-refractivity contribution in [1.29, 1.82) is 0 Å². The first-order valence-corrected chi connectivity index (χ1v) is 9.17. The molecule has 1 unspecified atom stereocenters. The lowest BCUT2D eigenvalue weighted by Crippen LogP contribution is -2.37. The number of aryl methyl sites for hydroxylation is 1. The predicted molar refractivity (Wildman–Crippen MR) is 102 cm³/mol. The zero-order valence-electron chi connectivity index (χ0n) is 14.5. The maximum absolute atomic E-state index is 12.1. The zero-order chi connectivity index (χ0) is 18.7. The van der Waals surface area contributed by atoms with Gasteiger partial charge in [-0.1, -0.05) is 17.7 Å². The lowest BCUT2D eigenvalue weighted by molar-refractivity contribution is 0.0879. The standard InChI is InChI=1S/C19H19N3O3S/c1-11-3-6-14(7-4-11)26-10-12(2)20-19(25)21-13-5-8-15-16(9-13)18(24)22-17(15)23/h3-9,12H,10H2,1-2H3,(H2,20,21,25)(H,22,23,24). The minimum Gasteiger partial charge on any atom is -0.335 e. The van der Waals surface area contributed by atoms with E-state index in [1.165, 1.54) is 17.7 Å². The largest absolute Gasteiger partial charge is 0.335 e. The van der Waals surface area contributed by atoms with Crippen LogP contribution in [-0.4, -0.2) is 29.6 Å². The van der Waals surface area contributed by atoms with Crippen molar-refractivity contribution in [1.82, 2.24) is 10.6 Å². The van der Waals surface area contributed by atoms with Crippen molar-refractivity contribution >= 4 is 35.3 Å². The van der Waals surface area contributed by atoms with E-state index >= 15 is 0 Å². The van der Waals surface area contributed by atoms with Crippen molar-refractivity contribution in [2.45, 2.75) is 24.8 Å². The van der Waals surface area contributed by atoms with E-state index in [0.29, 0.717) is 11.3 Å². The number of carbonyl (C=O) groups is 3. The molecule has 4 amide bonds. The number of thioether (sulfide) groups is 1. The van der Waals surface area contributed by atoms with Gasteiger partial charge in [0.15, 0.2) is 0 Å². The molecule has 134 valence electrons. The molecule has 0 saturated carbocycles. The third-order valence-electron chi connectivity index (χ3n) is 3.89. The molecule has 1 heterocycles. The number of hydrogen-bond acceptors (Lipinski definition) is 4. The van der Waals surface area contributed by atoms with Gasteiger partial charge in [-0.3, -0.25) is 14.9 Å². The van der Waals surface area contributed by atoms with Crippen LogP contribution < -0.4 is 16.0 Å². The number of benzene rings is 2. The molecule has 6 nitrogen and oxygen atoms in total. The van der Waals surface area contributed by atoms with Crippen LogP contribution in [-0.2, 0) is 0 Å². The van der Waals surface area contributed by atoms with Crippen LogP contribution in [0.25, 0.3) is 0 Å². The van der Waals surface area contributed by atoms with E-state index < -0.39 is 11.8 Å². The number of fused-ring (bicyclic) bond motifs is 1. The highest BCUT2D eigenvalue weighted by molar-refractivity contribution is 7.99. The van der Waals surface area contributed by atoms with E-state index in [9.17, 15) is 14.4 Å². The van der Waals surface area contributed by atoms with Crippen molar-refractivity contribution in [2.24, 2.45) is 0 Å². The van der Waals surface area contributed by atoms with E-state index in [-0.39, 0.29) is 17.6 Å². The summed E-state index contributed by atoms with van der Waals surface area (Å²) < 4.78 is 0. The van der Waals surface area contributed by atoms with E-state index in [0.717, 1.165) is 10.6 Å². The van der Waals surface area contributed by atoms with Crippen LogP contribution in [0.3, 0.4) is 0 Å². The van der Waals surface area contributed by atoms with Gasteiger partial charge in [-0.15, -0.1) is 11.8 Å². The van der Waals surface area contributed by atoms with Crippen LogP contribution >= 0.6 is 11.8 Å². The zero-order valence-corrected chi connectivity index (χ0v) is 15.3. The maximum atomic E-state index is 12.1. The van der Waals surface area contributed by atoms with Crippen LogP contribution in [0.5, 0.6) is 0 Å². The highest BCUT2D eigenvalue weighted by Gasteiger charge is 2.26. The van der Waals surface area contributed by atoms with Crippen molar-refractivity contribution in [3.05, 3.63) is 59.2 Å². The van der Waals surface area contributed by atoms with Crippen LogP contribution in [0.15, 0.2) is 47.4 Å².